The number of hydrogen-bond acceptors (Lipinski definition) is 5. The molecule has 0 saturated heterocycles. The van der Waals surface area contributed by atoms with Crippen LogP contribution < -0.4 is 5.32 Å². The number of carbonyl (C=O) groups excluding carboxylic acids is 1. The number of aliphatic imine (C=N–C) groups is 1. The number of fused-ring (bicyclic) bond motifs is 2. The van der Waals surface area contributed by atoms with Crippen molar-refractivity contribution in [2.45, 2.75) is 18.1 Å². The highest BCUT2D eigenvalue weighted by Gasteiger charge is 2.41. The topological polar surface area (TPSA) is 81.4 Å². The average molecular weight is 654 g/mol. The van der Waals surface area contributed by atoms with Crippen LogP contribution in [0.25, 0.3) is 22.2 Å². The zero-order valence-electron chi connectivity index (χ0n) is 27.6. The molecular formula is C43H35N5O2. The van der Waals surface area contributed by atoms with Gasteiger partial charge < -0.3 is 10.1 Å². The molecule has 3 heterocycles. The second kappa shape index (κ2) is 13.4. The molecule has 0 saturated carbocycles. The van der Waals surface area contributed by atoms with E-state index in [1.807, 2.05) is 60.7 Å². The molecule has 244 valence electrons. The van der Waals surface area contributed by atoms with Gasteiger partial charge in [-0.2, -0.15) is 5.10 Å². The molecule has 1 aliphatic heterocycles. The first kappa shape index (κ1) is 31.1. The van der Waals surface area contributed by atoms with Crippen molar-refractivity contribution in [2.75, 3.05) is 13.7 Å². The van der Waals surface area contributed by atoms with Gasteiger partial charge in [0.25, 0.3) is 5.91 Å². The number of benzene rings is 5. The van der Waals surface area contributed by atoms with Crippen LogP contribution >= 0.6 is 0 Å². The number of nitrogens with zero attached hydrogens (tertiary/aromatic N) is 4. The van der Waals surface area contributed by atoms with Gasteiger partial charge in [-0.05, 0) is 52.1 Å². The van der Waals surface area contributed by atoms with Crippen molar-refractivity contribution in [3.63, 3.8) is 0 Å². The fraction of sp³-hybridized carbons (Fsp3) is 0.116. The maximum Gasteiger partial charge on any atom is 0.266 e. The Morgan fingerprint density at radius 3 is 1.90 bits per heavy atom. The molecule has 7 heteroatoms. The number of amides is 1. The van der Waals surface area contributed by atoms with Crippen LogP contribution in [0.1, 0.15) is 33.9 Å². The van der Waals surface area contributed by atoms with Gasteiger partial charge >= 0.3 is 0 Å². The highest BCUT2D eigenvalue weighted by atomic mass is 16.5. The van der Waals surface area contributed by atoms with Gasteiger partial charge in [-0.25, -0.2) is 9.67 Å². The summed E-state index contributed by atoms with van der Waals surface area (Å²) in [5, 5.41) is 9.49. The van der Waals surface area contributed by atoms with E-state index in [9.17, 15) is 4.79 Å². The summed E-state index contributed by atoms with van der Waals surface area (Å²) in [6, 6.07) is 49.7. The first-order valence-corrected chi connectivity index (χ1v) is 16.7. The number of methoxy groups -OCH3 is 1. The third kappa shape index (κ3) is 5.47. The molecule has 0 radical (unpaired) electrons. The molecule has 2 aromatic heterocycles. The predicted molar refractivity (Wildman–Crippen MR) is 198 cm³/mol. The Labute approximate surface area is 290 Å². The van der Waals surface area contributed by atoms with E-state index >= 15 is 0 Å². The quantitative estimate of drug-likeness (QED) is 0.151. The zero-order chi connectivity index (χ0) is 33.9. The van der Waals surface area contributed by atoms with Gasteiger partial charge in [0.05, 0.1) is 17.3 Å². The van der Waals surface area contributed by atoms with Crippen LogP contribution in [0.2, 0.25) is 0 Å². The standard InChI is InChI=1S/C43H35N5O2/c1-50-40(30-14-6-2-7-15-30)29-45-42(49)38-26-32-27-39-36(28-37(32)46-38)41(31-22-24-44-25-23-31)47-48(39)43(33-16-8-3-9-17-33,34-18-10-4-11-19-34)35-20-12-5-13-21-35/h2-25,27-28,40H,26,29H2,1H3,(H,45,49). The van der Waals surface area contributed by atoms with Gasteiger partial charge in [0.15, 0.2) is 0 Å². The van der Waals surface area contributed by atoms with Crippen LogP contribution in [0, 0.1) is 0 Å². The Morgan fingerprint density at radius 1 is 0.780 bits per heavy atom. The Balaban J connectivity index is 1.28. The SMILES string of the molecule is COC(CNC(=O)C1=Nc2cc3c(-c4ccncc4)nn(C(c4ccccc4)(c4ccccc4)c4ccccc4)c3cc2C1)c1ccccc1. The largest absolute Gasteiger partial charge is 0.375 e. The van der Waals surface area contributed by atoms with Gasteiger partial charge in [0.1, 0.15) is 16.9 Å². The Kier molecular flexibility index (Phi) is 8.32. The third-order valence-electron chi connectivity index (χ3n) is 9.51. The van der Waals surface area contributed by atoms with Crippen LogP contribution in [-0.4, -0.2) is 40.0 Å². The Hall–Kier alpha value is -6.18. The van der Waals surface area contributed by atoms with Crippen LogP contribution in [0.4, 0.5) is 5.69 Å². The van der Waals surface area contributed by atoms with Gasteiger partial charge in [0, 0.05) is 43.4 Å². The van der Waals surface area contributed by atoms with Gasteiger partial charge in [-0.15, -0.1) is 0 Å². The molecular weight excluding hydrogens is 619 g/mol. The van der Waals surface area contributed by atoms with Crippen molar-refractivity contribution in [1.82, 2.24) is 20.1 Å². The number of hydrogen-bond donors (Lipinski definition) is 1. The Morgan fingerprint density at radius 2 is 1.34 bits per heavy atom. The lowest BCUT2D eigenvalue weighted by Gasteiger charge is -2.37. The molecule has 1 N–H and O–H groups in total. The smallest absolute Gasteiger partial charge is 0.266 e. The van der Waals surface area contributed by atoms with E-state index in [1.54, 1.807) is 19.5 Å². The lowest BCUT2D eigenvalue weighted by atomic mass is 9.77. The van der Waals surface area contributed by atoms with Crippen LogP contribution in [0.3, 0.4) is 0 Å². The molecule has 7 aromatic rings. The monoisotopic (exact) mass is 653 g/mol. The fourth-order valence-corrected chi connectivity index (χ4v) is 7.11. The van der Waals surface area contributed by atoms with Crippen LogP contribution in [-0.2, 0) is 21.5 Å². The lowest BCUT2D eigenvalue weighted by molar-refractivity contribution is -0.115. The van der Waals surface area contributed by atoms with Crippen LogP contribution in [0.5, 0.6) is 0 Å². The zero-order valence-corrected chi connectivity index (χ0v) is 27.6. The number of rotatable bonds is 10. The van der Waals surface area contributed by atoms with E-state index in [4.69, 9.17) is 14.8 Å². The van der Waals surface area contributed by atoms with Gasteiger partial charge in [-0.3, -0.25) is 9.78 Å². The van der Waals surface area contributed by atoms with E-state index in [0.717, 1.165) is 55.7 Å². The van der Waals surface area contributed by atoms with E-state index < -0.39 is 5.54 Å². The molecule has 1 amide bonds. The molecule has 1 unspecified atom stereocenters. The number of ether oxygens (including phenoxy) is 1. The average Bonchev–Trinajstić information content (AvgIpc) is 3.78. The summed E-state index contributed by atoms with van der Waals surface area (Å²) in [5.74, 6) is -0.202. The molecule has 0 spiro atoms. The van der Waals surface area contributed by atoms with Crippen molar-refractivity contribution in [1.29, 1.82) is 0 Å². The highest BCUT2D eigenvalue weighted by molar-refractivity contribution is 6.41. The van der Waals surface area contributed by atoms with E-state index in [-0.39, 0.29) is 12.0 Å². The summed E-state index contributed by atoms with van der Waals surface area (Å²) in [6.45, 7) is 0.339. The van der Waals surface area contributed by atoms with Gasteiger partial charge in [-0.1, -0.05) is 121 Å². The van der Waals surface area contributed by atoms with Gasteiger partial charge in [0.2, 0.25) is 0 Å². The van der Waals surface area contributed by atoms with Crippen molar-refractivity contribution in [3.8, 4) is 11.3 Å². The number of carbonyl (C=O) groups is 1. The molecule has 7 nitrogen and oxygen atoms in total. The number of aromatic nitrogens is 3. The first-order chi connectivity index (χ1) is 24.7. The molecule has 1 atom stereocenters. The van der Waals surface area contributed by atoms with Crippen LogP contribution in [0.15, 0.2) is 163 Å². The second-order valence-corrected chi connectivity index (χ2v) is 12.4. The summed E-state index contributed by atoms with van der Waals surface area (Å²) in [7, 11) is 1.66. The highest BCUT2D eigenvalue weighted by Crippen LogP contribution is 2.45. The molecule has 50 heavy (non-hydrogen) atoms. The van der Waals surface area contributed by atoms with Crippen molar-refractivity contribution >= 4 is 28.2 Å². The third-order valence-corrected chi connectivity index (χ3v) is 9.51. The molecule has 5 aromatic carbocycles. The summed E-state index contributed by atoms with van der Waals surface area (Å²) < 4.78 is 7.86. The van der Waals surface area contributed by atoms with E-state index in [1.165, 1.54) is 0 Å². The maximum atomic E-state index is 13.5. The molecule has 0 fully saturated rings. The number of nitrogens with one attached hydrogen (secondary N) is 1. The molecule has 0 aliphatic carbocycles. The normalized spacial score (nSPS) is 13.1. The summed E-state index contributed by atoms with van der Waals surface area (Å²) in [6.07, 6.45) is 3.72. The Bertz CT molecular complexity index is 2190. The second-order valence-electron chi connectivity index (χ2n) is 12.4. The first-order valence-electron chi connectivity index (χ1n) is 16.7. The molecule has 0 bridgehead atoms. The maximum absolute atomic E-state index is 13.5. The van der Waals surface area contributed by atoms with E-state index in [2.05, 4.69) is 99.9 Å². The predicted octanol–water partition coefficient (Wildman–Crippen LogP) is 8.07. The van der Waals surface area contributed by atoms with Crippen molar-refractivity contribution in [2.24, 2.45) is 4.99 Å². The lowest BCUT2D eigenvalue weighted by Crippen LogP contribution is -2.38. The summed E-state index contributed by atoms with van der Waals surface area (Å²) in [4.78, 5) is 22.7. The summed E-state index contributed by atoms with van der Waals surface area (Å²) >= 11 is 0. The summed E-state index contributed by atoms with van der Waals surface area (Å²) in [5.41, 5.74) is 8.32. The minimum absolute atomic E-state index is 0.202. The molecule has 1 aliphatic rings. The minimum atomic E-state index is -0.826. The number of pyridine rings is 1. The fourth-order valence-electron chi connectivity index (χ4n) is 7.11. The van der Waals surface area contributed by atoms with E-state index in [0.29, 0.717) is 18.7 Å². The van der Waals surface area contributed by atoms with Crippen molar-refractivity contribution < 1.29 is 9.53 Å². The van der Waals surface area contributed by atoms with Crippen molar-refractivity contribution in [3.05, 3.63) is 186 Å². The minimum Gasteiger partial charge on any atom is -0.375 e. The molecule has 8 rings (SSSR count).